The molecule has 2 atom stereocenters. The summed E-state index contributed by atoms with van der Waals surface area (Å²) in [7, 11) is 1.33. The van der Waals surface area contributed by atoms with Crippen molar-refractivity contribution in [3.05, 3.63) is 35.9 Å². The molecule has 21 heavy (non-hydrogen) atoms. The van der Waals surface area contributed by atoms with Crippen molar-refractivity contribution in [3.63, 3.8) is 0 Å². The lowest BCUT2D eigenvalue weighted by molar-refractivity contribution is -0.145. The minimum Gasteiger partial charge on any atom is -0.467 e. The SMILES string of the molecule is COC(=O)C(NC(=O)C1CCCNC1)c1ccccc1.Cl. The number of hydrogen-bond acceptors (Lipinski definition) is 4. The van der Waals surface area contributed by atoms with Crippen LogP contribution >= 0.6 is 12.4 Å². The monoisotopic (exact) mass is 312 g/mol. The van der Waals surface area contributed by atoms with E-state index >= 15 is 0 Å². The number of esters is 1. The molecule has 1 heterocycles. The van der Waals surface area contributed by atoms with Gasteiger partial charge in [0.2, 0.25) is 5.91 Å². The zero-order valence-corrected chi connectivity index (χ0v) is 12.8. The third-order valence-electron chi connectivity index (χ3n) is 3.52. The fourth-order valence-electron chi connectivity index (χ4n) is 2.38. The first-order chi connectivity index (χ1) is 9.72. The van der Waals surface area contributed by atoms with Crippen LogP contribution in [-0.4, -0.2) is 32.1 Å². The Hall–Kier alpha value is -1.59. The van der Waals surface area contributed by atoms with Crippen LogP contribution in [0.25, 0.3) is 0 Å². The number of nitrogens with one attached hydrogen (secondary N) is 2. The number of hydrogen-bond donors (Lipinski definition) is 2. The van der Waals surface area contributed by atoms with E-state index in [1.807, 2.05) is 18.2 Å². The largest absolute Gasteiger partial charge is 0.467 e. The van der Waals surface area contributed by atoms with E-state index in [0.717, 1.165) is 24.9 Å². The molecule has 1 aliphatic heterocycles. The van der Waals surface area contributed by atoms with Gasteiger partial charge in [-0.05, 0) is 24.9 Å². The molecule has 116 valence electrons. The van der Waals surface area contributed by atoms with E-state index < -0.39 is 12.0 Å². The minimum absolute atomic E-state index is 0. The van der Waals surface area contributed by atoms with Crippen molar-refractivity contribution in [1.29, 1.82) is 0 Å². The van der Waals surface area contributed by atoms with Gasteiger partial charge >= 0.3 is 5.97 Å². The molecule has 5 nitrogen and oxygen atoms in total. The predicted octanol–water partition coefficient (Wildman–Crippen LogP) is 1.44. The number of amides is 1. The van der Waals surface area contributed by atoms with Gasteiger partial charge in [-0.25, -0.2) is 4.79 Å². The number of piperidine rings is 1. The van der Waals surface area contributed by atoms with E-state index in [4.69, 9.17) is 4.74 Å². The smallest absolute Gasteiger partial charge is 0.333 e. The van der Waals surface area contributed by atoms with Gasteiger partial charge in [0.05, 0.1) is 13.0 Å². The molecular weight excluding hydrogens is 292 g/mol. The fraction of sp³-hybridized carbons (Fsp3) is 0.467. The van der Waals surface area contributed by atoms with Crippen molar-refractivity contribution in [1.82, 2.24) is 10.6 Å². The molecule has 2 rings (SSSR count). The molecule has 6 heteroatoms. The van der Waals surface area contributed by atoms with Crippen molar-refractivity contribution < 1.29 is 14.3 Å². The highest BCUT2D eigenvalue weighted by molar-refractivity contribution is 5.86. The molecule has 2 unspecified atom stereocenters. The van der Waals surface area contributed by atoms with E-state index in [1.165, 1.54) is 7.11 Å². The first-order valence-corrected chi connectivity index (χ1v) is 6.86. The topological polar surface area (TPSA) is 67.4 Å². The van der Waals surface area contributed by atoms with Gasteiger partial charge in [-0.3, -0.25) is 4.79 Å². The quantitative estimate of drug-likeness (QED) is 0.826. The lowest BCUT2D eigenvalue weighted by Gasteiger charge is -2.24. The van der Waals surface area contributed by atoms with Crippen LogP contribution in [0, 0.1) is 5.92 Å². The molecule has 0 saturated carbocycles. The summed E-state index contributed by atoms with van der Waals surface area (Å²) in [6.07, 6.45) is 1.83. The highest BCUT2D eigenvalue weighted by Gasteiger charge is 2.28. The average molecular weight is 313 g/mol. The van der Waals surface area contributed by atoms with Gasteiger partial charge in [-0.1, -0.05) is 30.3 Å². The first kappa shape index (κ1) is 17.5. The number of ether oxygens (including phenoxy) is 1. The van der Waals surface area contributed by atoms with Crippen LogP contribution in [0.2, 0.25) is 0 Å². The molecule has 2 N–H and O–H groups in total. The van der Waals surface area contributed by atoms with Gasteiger partial charge in [-0.2, -0.15) is 0 Å². The van der Waals surface area contributed by atoms with E-state index in [1.54, 1.807) is 12.1 Å². The summed E-state index contributed by atoms with van der Waals surface area (Å²) in [5, 5.41) is 6.00. The lowest BCUT2D eigenvalue weighted by Crippen LogP contribution is -2.43. The Bertz CT molecular complexity index is 461. The Kier molecular flexibility index (Phi) is 7.19. The number of rotatable bonds is 4. The molecule has 1 aromatic carbocycles. The molecule has 0 aromatic heterocycles. The van der Waals surface area contributed by atoms with Crippen molar-refractivity contribution in [2.24, 2.45) is 5.92 Å². The molecular formula is C15H21ClN2O3. The minimum atomic E-state index is -0.740. The van der Waals surface area contributed by atoms with Crippen molar-refractivity contribution in [2.45, 2.75) is 18.9 Å². The number of halogens is 1. The summed E-state index contributed by atoms with van der Waals surface area (Å²) >= 11 is 0. The van der Waals surface area contributed by atoms with Gasteiger partial charge in [0.1, 0.15) is 0 Å². The third-order valence-corrected chi connectivity index (χ3v) is 3.52. The molecule has 0 spiro atoms. The van der Waals surface area contributed by atoms with Crippen molar-refractivity contribution in [2.75, 3.05) is 20.2 Å². The van der Waals surface area contributed by atoms with Crippen LogP contribution in [0.1, 0.15) is 24.4 Å². The van der Waals surface area contributed by atoms with Crippen LogP contribution in [0.15, 0.2) is 30.3 Å². The van der Waals surface area contributed by atoms with E-state index in [-0.39, 0.29) is 24.2 Å². The Labute approximate surface area is 130 Å². The maximum absolute atomic E-state index is 12.2. The third kappa shape index (κ3) is 4.72. The molecule has 1 aromatic rings. The summed E-state index contributed by atoms with van der Waals surface area (Å²) in [4.78, 5) is 24.1. The number of benzene rings is 1. The van der Waals surface area contributed by atoms with E-state index in [0.29, 0.717) is 6.54 Å². The second-order valence-corrected chi connectivity index (χ2v) is 4.92. The van der Waals surface area contributed by atoms with Crippen LogP contribution in [0.4, 0.5) is 0 Å². The lowest BCUT2D eigenvalue weighted by atomic mass is 9.97. The van der Waals surface area contributed by atoms with Gasteiger partial charge in [-0.15, -0.1) is 12.4 Å². The Morgan fingerprint density at radius 2 is 2.05 bits per heavy atom. The van der Waals surface area contributed by atoms with E-state index in [9.17, 15) is 9.59 Å². The number of carbonyl (C=O) groups is 2. The summed E-state index contributed by atoms with van der Waals surface area (Å²) in [5.74, 6) is -0.635. The summed E-state index contributed by atoms with van der Waals surface area (Å²) in [5.41, 5.74) is 0.733. The van der Waals surface area contributed by atoms with E-state index in [2.05, 4.69) is 10.6 Å². The molecule has 1 aliphatic rings. The zero-order valence-electron chi connectivity index (χ0n) is 12.0. The van der Waals surface area contributed by atoms with Gasteiger partial charge in [0.15, 0.2) is 6.04 Å². The standard InChI is InChI=1S/C15H20N2O3.ClH/c1-20-15(19)13(11-6-3-2-4-7-11)17-14(18)12-8-5-9-16-10-12;/h2-4,6-7,12-13,16H,5,8-10H2,1H3,(H,17,18);1H. The van der Waals surface area contributed by atoms with Crippen LogP contribution in [-0.2, 0) is 14.3 Å². The fourth-order valence-corrected chi connectivity index (χ4v) is 2.38. The first-order valence-electron chi connectivity index (χ1n) is 6.86. The summed E-state index contributed by atoms with van der Waals surface area (Å²) in [6.45, 7) is 1.61. The second kappa shape index (κ2) is 8.64. The van der Waals surface area contributed by atoms with Crippen LogP contribution in [0.3, 0.4) is 0 Å². The van der Waals surface area contributed by atoms with Gasteiger partial charge in [0.25, 0.3) is 0 Å². The predicted molar refractivity (Wildman–Crippen MR) is 82.2 cm³/mol. The van der Waals surface area contributed by atoms with Crippen LogP contribution in [0.5, 0.6) is 0 Å². The molecule has 1 saturated heterocycles. The molecule has 1 amide bonds. The van der Waals surface area contributed by atoms with Crippen molar-refractivity contribution >= 4 is 24.3 Å². The summed E-state index contributed by atoms with van der Waals surface area (Å²) < 4.78 is 4.79. The van der Waals surface area contributed by atoms with Gasteiger partial charge < -0.3 is 15.4 Å². The normalized spacial score (nSPS) is 19.0. The molecule has 0 radical (unpaired) electrons. The number of methoxy groups -OCH3 is 1. The second-order valence-electron chi connectivity index (χ2n) is 4.92. The number of carbonyl (C=O) groups excluding carboxylic acids is 2. The highest BCUT2D eigenvalue weighted by atomic mass is 35.5. The highest BCUT2D eigenvalue weighted by Crippen LogP contribution is 2.17. The Morgan fingerprint density at radius 3 is 2.62 bits per heavy atom. The maximum atomic E-state index is 12.2. The summed E-state index contributed by atoms with van der Waals surface area (Å²) in [6, 6.07) is 8.40. The van der Waals surface area contributed by atoms with Gasteiger partial charge in [0, 0.05) is 6.54 Å². The average Bonchev–Trinajstić information content (AvgIpc) is 2.53. The molecule has 0 bridgehead atoms. The van der Waals surface area contributed by atoms with Crippen LogP contribution < -0.4 is 10.6 Å². The Balaban J connectivity index is 0.00000220. The molecule has 0 aliphatic carbocycles. The molecule has 1 fully saturated rings. The maximum Gasteiger partial charge on any atom is 0.333 e. The zero-order chi connectivity index (χ0) is 14.4. The van der Waals surface area contributed by atoms with Crippen molar-refractivity contribution in [3.8, 4) is 0 Å². The Morgan fingerprint density at radius 1 is 1.33 bits per heavy atom.